The zero-order chi connectivity index (χ0) is 20.2. The number of aryl methyl sites for hydroxylation is 1. The van der Waals surface area contributed by atoms with E-state index < -0.39 is 0 Å². The van der Waals surface area contributed by atoms with E-state index in [1.807, 2.05) is 31.5 Å². The fraction of sp³-hybridized carbons (Fsp3) is 0.391. The molecule has 0 spiro atoms. The van der Waals surface area contributed by atoms with E-state index in [1.54, 1.807) is 6.33 Å². The van der Waals surface area contributed by atoms with Crippen LogP contribution in [-0.4, -0.2) is 52.2 Å². The van der Waals surface area contributed by atoms with Gasteiger partial charge in [0.1, 0.15) is 0 Å². The molecule has 2 aliphatic rings. The number of piperazine rings is 1. The number of fused-ring (bicyclic) bond motifs is 1. The van der Waals surface area contributed by atoms with Crippen LogP contribution in [0.1, 0.15) is 36.2 Å². The summed E-state index contributed by atoms with van der Waals surface area (Å²) in [5, 5.41) is 0.800. The molecule has 6 heteroatoms. The normalized spacial score (nSPS) is 21.4. The lowest BCUT2D eigenvalue weighted by Crippen LogP contribution is -2.47. The maximum absolute atomic E-state index is 6.33. The average molecular weight is 410 g/mol. The lowest BCUT2D eigenvalue weighted by molar-refractivity contribution is 0.102. The van der Waals surface area contributed by atoms with Crippen LogP contribution in [0.4, 0.5) is 0 Å². The van der Waals surface area contributed by atoms with Gasteiger partial charge in [-0.05, 0) is 48.6 Å². The summed E-state index contributed by atoms with van der Waals surface area (Å²) in [6.07, 6.45) is 9.45. The maximum atomic E-state index is 6.33. The summed E-state index contributed by atoms with van der Waals surface area (Å²) in [4.78, 5) is 17.2. The molecular weight excluding hydrogens is 382 g/mol. The highest BCUT2D eigenvalue weighted by atomic mass is 35.5. The zero-order valence-corrected chi connectivity index (χ0v) is 17.7. The number of rotatable bonds is 5. The summed E-state index contributed by atoms with van der Waals surface area (Å²) in [5.74, 6) is 0. The molecule has 1 N–H and O–H groups in total. The summed E-state index contributed by atoms with van der Waals surface area (Å²) >= 11 is 6.33. The molecule has 2 heterocycles. The Morgan fingerprint density at radius 2 is 2.10 bits per heavy atom. The van der Waals surface area contributed by atoms with E-state index >= 15 is 0 Å². The second-order valence-electron chi connectivity index (χ2n) is 7.64. The summed E-state index contributed by atoms with van der Waals surface area (Å²) in [5.41, 5.74) is 6.18. The van der Waals surface area contributed by atoms with Crippen LogP contribution in [0.5, 0.6) is 0 Å². The van der Waals surface area contributed by atoms with Crippen LogP contribution in [0, 0.1) is 0 Å². The number of hydrogen-bond acceptors (Lipinski definition) is 4. The molecule has 0 bridgehead atoms. The fourth-order valence-corrected chi connectivity index (χ4v) is 4.63. The first-order valence-corrected chi connectivity index (χ1v) is 10.6. The Hall–Kier alpha value is -2.21. The molecule has 1 aliphatic heterocycles. The second-order valence-corrected chi connectivity index (χ2v) is 8.07. The number of imidazole rings is 1. The van der Waals surface area contributed by atoms with Crippen molar-refractivity contribution in [3.05, 3.63) is 76.5 Å². The lowest BCUT2D eigenvalue weighted by atomic mass is 9.96. The van der Waals surface area contributed by atoms with Crippen molar-refractivity contribution >= 4 is 17.8 Å². The lowest BCUT2D eigenvalue weighted by Gasteiger charge is -2.40. The largest absolute Gasteiger partial charge is 0.347 e. The van der Waals surface area contributed by atoms with E-state index in [-0.39, 0.29) is 6.04 Å². The van der Waals surface area contributed by atoms with E-state index in [0.29, 0.717) is 0 Å². The van der Waals surface area contributed by atoms with Crippen molar-refractivity contribution in [3.63, 3.8) is 0 Å². The number of aromatic nitrogens is 2. The summed E-state index contributed by atoms with van der Waals surface area (Å²) in [7, 11) is 0. The van der Waals surface area contributed by atoms with Gasteiger partial charge >= 0.3 is 0 Å². The molecule has 0 saturated carbocycles. The maximum Gasteiger partial charge on any atom is 0.0922 e. The van der Waals surface area contributed by atoms with Crippen LogP contribution in [0.15, 0.2) is 59.6 Å². The highest BCUT2D eigenvalue weighted by molar-refractivity contribution is 6.30. The SMILES string of the molecule is C=CC1=C(N=CC)C(N2CCN(Cc3cnc[nH]3)CC2)c2ccc(Cl)cc2CC1. The van der Waals surface area contributed by atoms with Crippen molar-refractivity contribution in [1.82, 2.24) is 19.8 Å². The van der Waals surface area contributed by atoms with E-state index in [1.165, 1.54) is 16.7 Å². The monoisotopic (exact) mass is 409 g/mol. The third kappa shape index (κ3) is 4.37. The molecule has 0 amide bonds. The van der Waals surface area contributed by atoms with Gasteiger partial charge in [-0.15, -0.1) is 0 Å². The van der Waals surface area contributed by atoms with E-state index in [4.69, 9.17) is 16.6 Å². The van der Waals surface area contributed by atoms with Crippen LogP contribution < -0.4 is 0 Å². The van der Waals surface area contributed by atoms with Crippen molar-refractivity contribution < 1.29 is 0 Å². The molecule has 1 fully saturated rings. The Morgan fingerprint density at radius 3 is 2.79 bits per heavy atom. The highest BCUT2D eigenvalue weighted by Crippen LogP contribution is 2.39. The molecular formula is C23H28ClN5. The van der Waals surface area contributed by atoms with E-state index in [9.17, 15) is 0 Å². The molecule has 5 nitrogen and oxygen atoms in total. The molecule has 0 radical (unpaired) electrons. The number of halogens is 1. The van der Waals surface area contributed by atoms with Gasteiger partial charge < -0.3 is 4.98 Å². The van der Waals surface area contributed by atoms with Gasteiger partial charge in [-0.3, -0.25) is 14.8 Å². The second kappa shape index (κ2) is 9.08. The van der Waals surface area contributed by atoms with Crippen molar-refractivity contribution in [2.45, 2.75) is 32.4 Å². The number of H-pyrrole nitrogens is 1. The number of nitrogens with zero attached hydrogens (tertiary/aromatic N) is 4. The Kier molecular flexibility index (Phi) is 6.28. The van der Waals surface area contributed by atoms with Gasteiger partial charge in [-0.1, -0.05) is 30.3 Å². The predicted molar refractivity (Wildman–Crippen MR) is 119 cm³/mol. The third-order valence-electron chi connectivity index (χ3n) is 5.89. The zero-order valence-electron chi connectivity index (χ0n) is 16.9. The minimum Gasteiger partial charge on any atom is -0.347 e. The van der Waals surface area contributed by atoms with Crippen molar-refractivity contribution in [2.24, 2.45) is 4.99 Å². The Labute approximate surface area is 177 Å². The molecule has 4 rings (SSSR count). The molecule has 1 unspecified atom stereocenters. The molecule has 2 aromatic rings. The Balaban J connectivity index is 1.62. The van der Waals surface area contributed by atoms with Gasteiger partial charge in [-0.25, -0.2) is 4.98 Å². The van der Waals surface area contributed by atoms with Gasteiger partial charge in [0.15, 0.2) is 0 Å². The topological polar surface area (TPSA) is 47.5 Å². The third-order valence-corrected chi connectivity index (χ3v) is 6.12. The highest BCUT2D eigenvalue weighted by Gasteiger charge is 2.32. The van der Waals surface area contributed by atoms with Crippen LogP contribution in [0.2, 0.25) is 5.02 Å². The molecule has 152 valence electrons. The van der Waals surface area contributed by atoms with Gasteiger partial charge in [0.2, 0.25) is 0 Å². The molecule has 29 heavy (non-hydrogen) atoms. The summed E-state index contributed by atoms with van der Waals surface area (Å²) in [6.45, 7) is 11.0. The minimum absolute atomic E-state index is 0.142. The number of allylic oxidation sites excluding steroid dienone is 2. The standard InChI is InChI=1S/C23H28ClN5/c1-3-17-5-6-18-13-19(24)7-8-21(18)23(22(17)26-4-2)29-11-9-28(10-12-29)15-20-14-25-16-27-20/h3-4,7-8,13-14,16,23H,1,5-6,9-12,15H2,2H3,(H,25,27). The number of hydrogen-bond donors (Lipinski definition) is 1. The van der Waals surface area contributed by atoms with Gasteiger partial charge in [0.05, 0.1) is 18.1 Å². The van der Waals surface area contributed by atoms with Crippen LogP contribution in [0.3, 0.4) is 0 Å². The molecule has 1 atom stereocenters. The van der Waals surface area contributed by atoms with Gasteiger partial charge in [-0.2, -0.15) is 0 Å². The van der Waals surface area contributed by atoms with Crippen molar-refractivity contribution in [1.29, 1.82) is 0 Å². The molecule has 1 aromatic carbocycles. The van der Waals surface area contributed by atoms with Gasteiger partial charge in [0, 0.05) is 55.9 Å². The number of benzene rings is 1. The van der Waals surface area contributed by atoms with Crippen LogP contribution >= 0.6 is 11.6 Å². The number of aromatic amines is 1. The number of aliphatic imine (C=N–C) groups is 1. The molecule has 1 aromatic heterocycles. The van der Waals surface area contributed by atoms with Crippen LogP contribution in [0.25, 0.3) is 0 Å². The Bertz CT molecular complexity index is 907. The molecule has 1 aliphatic carbocycles. The first-order chi connectivity index (χ1) is 14.2. The van der Waals surface area contributed by atoms with Crippen molar-refractivity contribution in [2.75, 3.05) is 26.2 Å². The van der Waals surface area contributed by atoms with E-state index in [2.05, 4.69) is 38.5 Å². The van der Waals surface area contributed by atoms with Crippen molar-refractivity contribution in [3.8, 4) is 0 Å². The number of nitrogens with one attached hydrogen (secondary N) is 1. The first kappa shape index (κ1) is 20.1. The summed E-state index contributed by atoms with van der Waals surface area (Å²) in [6, 6.07) is 6.46. The molecule has 1 saturated heterocycles. The minimum atomic E-state index is 0.142. The average Bonchev–Trinajstić information content (AvgIpc) is 3.18. The Morgan fingerprint density at radius 1 is 1.28 bits per heavy atom. The fourth-order valence-electron chi connectivity index (χ4n) is 4.44. The predicted octanol–water partition coefficient (Wildman–Crippen LogP) is 4.40. The quantitative estimate of drug-likeness (QED) is 0.744. The van der Waals surface area contributed by atoms with Crippen LogP contribution in [-0.2, 0) is 13.0 Å². The smallest absolute Gasteiger partial charge is 0.0922 e. The van der Waals surface area contributed by atoms with E-state index in [0.717, 1.165) is 62.0 Å². The first-order valence-electron chi connectivity index (χ1n) is 10.3. The summed E-state index contributed by atoms with van der Waals surface area (Å²) < 4.78 is 0. The van der Waals surface area contributed by atoms with Gasteiger partial charge in [0.25, 0.3) is 0 Å².